The van der Waals surface area contributed by atoms with Gasteiger partial charge in [-0.15, -0.1) is 0 Å². The first-order chi connectivity index (χ1) is 7.33. The molecule has 88 valence electrons. The van der Waals surface area contributed by atoms with Crippen LogP contribution < -0.4 is 5.32 Å². The lowest BCUT2D eigenvalue weighted by atomic mass is 9.84. The Hall–Kier alpha value is -0.0400. The molecule has 0 spiro atoms. The normalized spacial score (nSPS) is 36.0. The molecule has 2 aliphatic carbocycles. The zero-order valence-electron chi connectivity index (χ0n) is 10.5. The van der Waals surface area contributed by atoms with Crippen molar-refractivity contribution >= 4 is 0 Å². The molecule has 1 heteroatoms. The smallest absolute Gasteiger partial charge is 0.00671 e. The molecule has 0 aromatic carbocycles. The van der Waals surface area contributed by atoms with Crippen LogP contribution in [0.15, 0.2) is 0 Å². The largest absolute Gasteiger partial charge is 0.314 e. The van der Waals surface area contributed by atoms with Crippen molar-refractivity contribution in [1.29, 1.82) is 0 Å². The molecule has 2 fully saturated rings. The predicted molar refractivity (Wildman–Crippen MR) is 65.9 cm³/mol. The summed E-state index contributed by atoms with van der Waals surface area (Å²) in [6.07, 6.45) is 10.2. The van der Waals surface area contributed by atoms with Gasteiger partial charge in [-0.25, -0.2) is 0 Å². The Kier molecular flexibility index (Phi) is 4.07. The summed E-state index contributed by atoms with van der Waals surface area (Å²) in [6.45, 7) is 5.80. The van der Waals surface area contributed by atoms with Crippen molar-refractivity contribution in [2.24, 2.45) is 17.8 Å². The van der Waals surface area contributed by atoms with Crippen LogP contribution in [0.2, 0.25) is 0 Å². The Morgan fingerprint density at radius 2 is 2.07 bits per heavy atom. The molecule has 0 saturated heterocycles. The molecule has 4 atom stereocenters. The van der Waals surface area contributed by atoms with Crippen LogP contribution in [0, 0.1) is 17.8 Å². The highest BCUT2D eigenvalue weighted by Crippen LogP contribution is 2.49. The van der Waals surface area contributed by atoms with E-state index in [1.54, 1.807) is 25.7 Å². The van der Waals surface area contributed by atoms with E-state index < -0.39 is 0 Å². The van der Waals surface area contributed by atoms with E-state index in [-0.39, 0.29) is 0 Å². The molecule has 1 nitrogen and oxygen atoms in total. The van der Waals surface area contributed by atoms with Crippen molar-refractivity contribution in [2.75, 3.05) is 6.54 Å². The first-order valence-electron chi connectivity index (χ1n) is 7.06. The average molecular weight is 209 g/mol. The van der Waals surface area contributed by atoms with E-state index in [2.05, 4.69) is 19.2 Å². The summed E-state index contributed by atoms with van der Waals surface area (Å²) in [5.41, 5.74) is 0. The fourth-order valence-electron chi connectivity index (χ4n) is 3.77. The summed E-state index contributed by atoms with van der Waals surface area (Å²) in [5, 5.41) is 3.71. The van der Waals surface area contributed by atoms with Gasteiger partial charge in [0.05, 0.1) is 0 Å². The number of nitrogens with one attached hydrogen (secondary N) is 1. The molecule has 0 aromatic heterocycles. The summed E-state index contributed by atoms with van der Waals surface area (Å²) in [4.78, 5) is 0. The van der Waals surface area contributed by atoms with Crippen molar-refractivity contribution in [3.05, 3.63) is 0 Å². The topological polar surface area (TPSA) is 12.0 Å². The molecule has 2 saturated carbocycles. The molecule has 0 aromatic rings. The predicted octanol–water partition coefficient (Wildman–Crippen LogP) is 3.59. The molecule has 2 aliphatic rings. The second-order valence-corrected chi connectivity index (χ2v) is 5.73. The van der Waals surface area contributed by atoms with E-state index >= 15 is 0 Å². The van der Waals surface area contributed by atoms with E-state index in [4.69, 9.17) is 0 Å². The van der Waals surface area contributed by atoms with Gasteiger partial charge in [-0.1, -0.05) is 20.3 Å². The lowest BCUT2D eigenvalue weighted by molar-refractivity contribution is 0.274. The number of fused-ring (bicyclic) bond motifs is 2. The molecule has 2 rings (SSSR count). The average Bonchev–Trinajstić information content (AvgIpc) is 2.85. The van der Waals surface area contributed by atoms with Gasteiger partial charge in [-0.2, -0.15) is 0 Å². The standard InChI is InChI=1S/C14H27N/c1-3-7-15-14(4-2)10-13-9-11-5-6-12(13)8-11/h11-15H,3-10H2,1-2H3. The van der Waals surface area contributed by atoms with E-state index in [0.717, 1.165) is 23.8 Å². The molecule has 0 aliphatic heterocycles. The fourth-order valence-corrected chi connectivity index (χ4v) is 3.77. The maximum atomic E-state index is 3.71. The Morgan fingerprint density at radius 3 is 2.60 bits per heavy atom. The zero-order chi connectivity index (χ0) is 10.7. The molecular formula is C14H27N. The highest BCUT2D eigenvalue weighted by Gasteiger charge is 2.39. The Labute approximate surface area is 95.0 Å². The molecule has 4 unspecified atom stereocenters. The molecule has 0 heterocycles. The van der Waals surface area contributed by atoms with Gasteiger partial charge in [0.1, 0.15) is 0 Å². The highest BCUT2D eigenvalue weighted by atomic mass is 14.9. The van der Waals surface area contributed by atoms with E-state index in [9.17, 15) is 0 Å². The summed E-state index contributed by atoms with van der Waals surface area (Å²) in [5.74, 6) is 3.29. The third-order valence-electron chi connectivity index (χ3n) is 4.65. The number of hydrogen-bond acceptors (Lipinski definition) is 1. The monoisotopic (exact) mass is 209 g/mol. The van der Waals surface area contributed by atoms with Crippen LogP contribution in [-0.2, 0) is 0 Å². The van der Waals surface area contributed by atoms with Gasteiger partial charge in [0.25, 0.3) is 0 Å². The molecule has 2 bridgehead atoms. The maximum absolute atomic E-state index is 3.71. The Balaban J connectivity index is 1.74. The Bertz CT molecular complexity index is 190. The van der Waals surface area contributed by atoms with Crippen LogP contribution in [0.4, 0.5) is 0 Å². The van der Waals surface area contributed by atoms with Gasteiger partial charge in [0.2, 0.25) is 0 Å². The van der Waals surface area contributed by atoms with Crippen molar-refractivity contribution in [2.45, 2.75) is 64.8 Å². The lowest BCUT2D eigenvalue weighted by Gasteiger charge is -2.26. The first kappa shape index (κ1) is 11.4. The fraction of sp³-hybridized carbons (Fsp3) is 1.00. The minimum Gasteiger partial charge on any atom is -0.314 e. The molecule has 1 N–H and O–H groups in total. The van der Waals surface area contributed by atoms with Gasteiger partial charge in [-0.3, -0.25) is 0 Å². The third-order valence-corrected chi connectivity index (χ3v) is 4.65. The van der Waals surface area contributed by atoms with Crippen LogP contribution >= 0.6 is 0 Å². The first-order valence-corrected chi connectivity index (χ1v) is 7.06. The van der Waals surface area contributed by atoms with Crippen LogP contribution in [-0.4, -0.2) is 12.6 Å². The minimum absolute atomic E-state index is 0.800. The number of rotatable bonds is 6. The maximum Gasteiger partial charge on any atom is 0.00671 e. The van der Waals surface area contributed by atoms with Gasteiger partial charge < -0.3 is 5.32 Å². The van der Waals surface area contributed by atoms with Crippen LogP contribution in [0.5, 0.6) is 0 Å². The van der Waals surface area contributed by atoms with Crippen LogP contribution in [0.1, 0.15) is 58.8 Å². The Morgan fingerprint density at radius 1 is 1.20 bits per heavy atom. The summed E-state index contributed by atoms with van der Waals surface area (Å²) in [7, 11) is 0. The van der Waals surface area contributed by atoms with Crippen molar-refractivity contribution < 1.29 is 0 Å². The van der Waals surface area contributed by atoms with Gasteiger partial charge >= 0.3 is 0 Å². The molecular weight excluding hydrogens is 182 g/mol. The second-order valence-electron chi connectivity index (χ2n) is 5.73. The molecule has 15 heavy (non-hydrogen) atoms. The zero-order valence-corrected chi connectivity index (χ0v) is 10.5. The second kappa shape index (κ2) is 5.34. The van der Waals surface area contributed by atoms with Gasteiger partial charge in [-0.05, 0) is 62.8 Å². The highest BCUT2D eigenvalue weighted by molar-refractivity contribution is 4.91. The van der Waals surface area contributed by atoms with Gasteiger partial charge in [0.15, 0.2) is 0 Å². The van der Waals surface area contributed by atoms with Crippen molar-refractivity contribution in [3.63, 3.8) is 0 Å². The van der Waals surface area contributed by atoms with E-state index in [1.807, 2.05) is 0 Å². The summed E-state index contributed by atoms with van der Waals surface area (Å²) < 4.78 is 0. The quantitative estimate of drug-likeness (QED) is 0.705. The van der Waals surface area contributed by atoms with E-state index in [1.165, 1.54) is 25.8 Å². The molecule has 0 radical (unpaired) electrons. The van der Waals surface area contributed by atoms with Crippen molar-refractivity contribution in [1.82, 2.24) is 5.32 Å². The van der Waals surface area contributed by atoms with E-state index in [0.29, 0.717) is 0 Å². The van der Waals surface area contributed by atoms with Crippen LogP contribution in [0.25, 0.3) is 0 Å². The summed E-state index contributed by atoms with van der Waals surface area (Å²) in [6, 6.07) is 0.800. The number of hydrogen-bond donors (Lipinski definition) is 1. The van der Waals surface area contributed by atoms with Crippen molar-refractivity contribution in [3.8, 4) is 0 Å². The lowest BCUT2D eigenvalue weighted by Crippen LogP contribution is -2.32. The van der Waals surface area contributed by atoms with Gasteiger partial charge in [0, 0.05) is 6.04 Å². The summed E-state index contributed by atoms with van der Waals surface area (Å²) >= 11 is 0. The molecule has 0 amide bonds. The third kappa shape index (κ3) is 2.75. The van der Waals surface area contributed by atoms with Crippen LogP contribution in [0.3, 0.4) is 0 Å². The SMILES string of the molecule is CCCNC(CC)CC1CC2CCC1C2. The minimum atomic E-state index is 0.800.